The van der Waals surface area contributed by atoms with Crippen molar-refractivity contribution in [2.75, 3.05) is 6.61 Å². The van der Waals surface area contributed by atoms with Crippen LogP contribution in [0.25, 0.3) is 0 Å². The Morgan fingerprint density at radius 1 is 1.36 bits per heavy atom. The van der Waals surface area contributed by atoms with Crippen molar-refractivity contribution in [1.82, 2.24) is 0 Å². The predicted molar refractivity (Wildman–Crippen MR) is 60.7 cm³/mol. The first-order valence-corrected chi connectivity index (χ1v) is 3.98. The SMILES string of the molecule is CC(C)(C)OCC1=[C-]CC=C1.Cl.Cl.[Ti]. The van der Waals surface area contributed by atoms with Crippen molar-refractivity contribution >= 4 is 24.8 Å². The largest absolute Gasteiger partial charge is 0.374 e. The number of hydrogen-bond donors (Lipinski definition) is 0. The van der Waals surface area contributed by atoms with Crippen LogP contribution < -0.4 is 0 Å². The Labute approximate surface area is 114 Å². The van der Waals surface area contributed by atoms with Gasteiger partial charge in [-0.25, -0.2) is 6.08 Å². The van der Waals surface area contributed by atoms with E-state index in [1.165, 1.54) is 5.57 Å². The van der Waals surface area contributed by atoms with Gasteiger partial charge in [-0.05, 0) is 20.8 Å². The van der Waals surface area contributed by atoms with Gasteiger partial charge in [0.25, 0.3) is 0 Å². The Morgan fingerprint density at radius 3 is 2.29 bits per heavy atom. The number of hydrogen-bond acceptors (Lipinski definition) is 1. The second-order valence-corrected chi connectivity index (χ2v) is 3.71. The first-order valence-electron chi connectivity index (χ1n) is 3.98. The summed E-state index contributed by atoms with van der Waals surface area (Å²) in [5.74, 6) is 0. The van der Waals surface area contributed by atoms with Crippen LogP contribution in [0.1, 0.15) is 27.2 Å². The molecule has 0 N–H and O–H groups in total. The van der Waals surface area contributed by atoms with Crippen molar-refractivity contribution < 1.29 is 26.5 Å². The molecule has 0 aromatic heterocycles. The maximum atomic E-state index is 5.56. The van der Waals surface area contributed by atoms with Crippen LogP contribution in [0, 0.1) is 6.08 Å². The minimum Gasteiger partial charge on any atom is -0.374 e. The van der Waals surface area contributed by atoms with Crippen LogP contribution in [0.3, 0.4) is 0 Å². The summed E-state index contributed by atoms with van der Waals surface area (Å²) in [6.07, 6.45) is 8.33. The van der Waals surface area contributed by atoms with Crippen LogP contribution in [-0.4, -0.2) is 12.2 Å². The number of halogens is 2. The third kappa shape index (κ3) is 9.30. The molecule has 0 heterocycles. The molecule has 0 aromatic rings. The Bertz CT molecular complexity index is 195. The molecule has 1 rings (SSSR count). The summed E-state index contributed by atoms with van der Waals surface area (Å²) in [7, 11) is 0. The normalized spacial score (nSPS) is 13.5. The van der Waals surface area contributed by atoms with E-state index < -0.39 is 0 Å². The van der Waals surface area contributed by atoms with E-state index in [9.17, 15) is 0 Å². The van der Waals surface area contributed by atoms with Gasteiger partial charge in [-0.3, -0.25) is 6.08 Å². The van der Waals surface area contributed by atoms with Gasteiger partial charge in [0.15, 0.2) is 0 Å². The van der Waals surface area contributed by atoms with Crippen LogP contribution in [-0.2, 0) is 26.5 Å². The molecule has 0 spiro atoms. The molecule has 14 heavy (non-hydrogen) atoms. The third-order valence-corrected chi connectivity index (χ3v) is 1.43. The van der Waals surface area contributed by atoms with Gasteiger partial charge >= 0.3 is 0 Å². The molecule has 0 atom stereocenters. The van der Waals surface area contributed by atoms with E-state index in [1.807, 2.05) is 0 Å². The van der Waals surface area contributed by atoms with Crippen molar-refractivity contribution in [2.45, 2.75) is 32.8 Å². The standard InChI is InChI=1S/C10H15O.2ClH.Ti/c1-10(2,3)11-8-9-6-4-5-7-9;;;/h4,6H,5,8H2,1-3H3;2*1H;/q-1;;;. The van der Waals surface area contributed by atoms with Crippen LogP contribution in [0.4, 0.5) is 0 Å². The topological polar surface area (TPSA) is 9.23 Å². The fraction of sp³-hybridized carbons (Fsp3) is 0.600. The van der Waals surface area contributed by atoms with E-state index >= 15 is 0 Å². The van der Waals surface area contributed by atoms with E-state index in [4.69, 9.17) is 4.74 Å². The number of rotatable bonds is 2. The molecule has 0 saturated heterocycles. The van der Waals surface area contributed by atoms with E-state index in [1.54, 1.807) is 0 Å². The molecule has 82 valence electrons. The zero-order valence-electron chi connectivity index (χ0n) is 8.79. The van der Waals surface area contributed by atoms with Crippen molar-refractivity contribution in [3.8, 4) is 0 Å². The van der Waals surface area contributed by atoms with E-state index in [-0.39, 0.29) is 52.1 Å². The van der Waals surface area contributed by atoms with Crippen LogP contribution in [0.5, 0.6) is 0 Å². The van der Waals surface area contributed by atoms with Gasteiger partial charge in [-0.15, -0.1) is 31.2 Å². The summed E-state index contributed by atoms with van der Waals surface area (Å²) >= 11 is 0. The average Bonchev–Trinajstić information content (AvgIpc) is 2.32. The minimum atomic E-state index is -0.0366. The Morgan fingerprint density at radius 2 is 1.93 bits per heavy atom. The molecule has 0 aromatic carbocycles. The predicted octanol–water partition coefficient (Wildman–Crippen LogP) is 3.33. The molecule has 1 aliphatic rings. The van der Waals surface area contributed by atoms with Gasteiger partial charge in [0, 0.05) is 28.3 Å². The first-order chi connectivity index (χ1) is 5.08. The summed E-state index contributed by atoms with van der Waals surface area (Å²) in [6, 6.07) is 0. The molecule has 0 radical (unpaired) electrons. The maximum Gasteiger partial charge on any atom is 0.0601 e. The zero-order valence-corrected chi connectivity index (χ0v) is 12.0. The molecular weight excluding hydrogens is 255 g/mol. The average molecular weight is 272 g/mol. The quantitative estimate of drug-likeness (QED) is 0.553. The Hall–Kier alpha value is 0.734. The van der Waals surface area contributed by atoms with Gasteiger partial charge in [-0.2, -0.15) is 11.6 Å². The van der Waals surface area contributed by atoms with Gasteiger partial charge in [0.1, 0.15) is 0 Å². The summed E-state index contributed by atoms with van der Waals surface area (Å²) in [4.78, 5) is 0. The fourth-order valence-corrected chi connectivity index (χ4v) is 0.844. The summed E-state index contributed by atoms with van der Waals surface area (Å²) in [5, 5.41) is 0. The molecule has 0 bridgehead atoms. The summed E-state index contributed by atoms with van der Waals surface area (Å²) < 4.78 is 5.56. The molecule has 0 fully saturated rings. The second-order valence-electron chi connectivity index (χ2n) is 3.71. The van der Waals surface area contributed by atoms with Gasteiger partial charge in [0.05, 0.1) is 5.60 Å². The molecule has 1 nitrogen and oxygen atoms in total. The molecule has 4 heteroatoms. The van der Waals surface area contributed by atoms with Crippen molar-refractivity contribution in [3.05, 3.63) is 23.8 Å². The van der Waals surface area contributed by atoms with Crippen molar-refractivity contribution in [1.29, 1.82) is 0 Å². The van der Waals surface area contributed by atoms with Crippen LogP contribution >= 0.6 is 24.8 Å². The van der Waals surface area contributed by atoms with Gasteiger partial charge in [-0.1, -0.05) is 0 Å². The molecular formula is C10H17Cl2OTi-. The smallest absolute Gasteiger partial charge is 0.0601 e. The van der Waals surface area contributed by atoms with Crippen molar-refractivity contribution in [2.24, 2.45) is 0 Å². The van der Waals surface area contributed by atoms with Crippen molar-refractivity contribution in [3.63, 3.8) is 0 Å². The van der Waals surface area contributed by atoms with Gasteiger partial charge < -0.3 is 4.74 Å². The van der Waals surface area contributed by atoms with E-state index in [2.05, 4.69) is 39.0 Å². The first kappa shape index (κ1) is 20.2. The number of ether oxygens (including phenoxy) is 1. The fourth-order valence-electron chi connectivity index (χ4n) is 0.844. The van der Waals surface area contributed by atoms with Gasteiger partial charge in [0.2, 0.25) is 0 Å². The van der Waals surface area contributed by atoms with E-state index in [0.29, 0.717) is 6.61 Å². The monoisotopic (exact) mass is 271 g/mol. The Balaban J connectivity index is -0.000000403. The molecule has 1 aliphatic carbocycles. The Kier molecular flexibility index (Phi) is 13.0. The zero-order chi connectivity index (χ0) is 8.32. The summed E-state index contributed by atoms with van der Waals surface area (Å²) in [6.45, 7) is 6.88. The molecule has 0 amide bonds. The second kappa shape index (κ2) is 9.00. The minimum absolute atomic E-state index is 0. The summed E-state index contributed by atoms with van der Waals surface area (Å²) in [5.41, 5.74) is 1.14. The maximum absolute atomic E-state index is 5.56. The van der Waals surface area contributed by atoms with Crippen LogP contribution in [0.15, 0.2) is 17.7 Å². The van der Waals surface area contributed by atoms with E-state index in [0.717, 1.165) is 6.42 Å². The molecule has 0 saturated carbocycles. The molecule has 0 unspecified atom stereocenters. The third-order valence-electron chi connectivity index (χ3n) is 1.43. The number of allylic oxidation sites excluding steroid dienone is 2. The van der Waals surface area contributed by atoms with Crippen LogP contribution in [0.2, 0.25) is 0 Å². The molecule has 0 aliphatic heterocycles.